The van der Waals surface area contributed by atoms with Gasteiger partial charge in [0.1, 0.15) is 5.75 Å². The highest BCUT2D eigenvalue weighted by Gasteiger charge is 2.10. The summed E-state index contributed by atoms with van der Waals surface area (Å²) in [6.07, 6.45) is 0. The van der Waals surface area contributed by atoms with Gasteiger partial charge in [0.15, 0.2) is 0 Å². The molecule has 7 nitrogen and oxygen atoms in total. The van der Waals surface area contributed by atoms with Crippen molar-refractivity contribution in [3.05, 3.63) is 24.3 Å². The van der Waals surface area contributed by atoms with Crippen LogP contribution in [0.4, 0.5) is 5.69 Å². The summed E-state index contributed by atoms with van der Waals surface area (Å²) in [6.45, 7) is 1.19. The number of anilines is 1. The lowest BCUT2D eigenvalue weighted by Crippen LogP contribution is -2.39. The Hall–Kier alpha value is -2.12. The number of hydrogen-bond acceptors (Lipinski definition) is 5. The molecular weight excluding hydrogens is 286 g/mol. The Balaban J connectivity index is 2.35. The molecule has 22 heavy (non-hydrogen) atoms. The Morgan fingerprint density at radius 3 is 2.59 bits per heavy atom. The lowest BCUT2D eigenvalue weighted by atomic mass is 10.3. The molecule has 0 aliphatic heterocycles. The van der Waals surface area contributed by atoms with Crippen LogP contribution in [0.5, 0.6) is 5.75 Å². The average Bonchev–Trinajstić information content (AvgIpc) is 2.47. The van der Waals surface area contributed by atoms with Crippen LogP contribution in [-0.4, -0.2) is 64.2 Å². The van der Waals surface area contributed by atoms with Crippen LogP contribution in [0, 0.1) is 0 Å². The molecule has 0 radical (unpaired) electrons. The van der Waals surface area contributed by atoms with Crippen LogP contribution in [0.3, 0.4) is 0 Å². The Kier molecular flexibility index (Phi) is 7.95. The highest BCUT2D eigenvalue weighted by atomic mass is 16.5. The molecule has 0 atom stereocenters. The molecular formula is C15H23N3O4. The second-order valence-electron chi connectivity index (χ2n) is 4.80. The highest BCUT2D eigenvalue weighted by Crippen LogP contribution is 2.16. The smallest absolute Gasteiger partial charge is 0.238 e. The van der Waals surface area contributed by atoms with Crippen molar-refractivity contribution < 1.29 is 19.1 Å². The van der Waals surface area contributed by atoms with Gasteiger partial charge < -0.3 is 20.1 Å². The van der Waals surface area contributed by atoms with E-state index in [1.165, 1.54) is 0 Å². The zero-order valence-electron chi connectivity index (χ0n) is 13.2. The first kappa shape index (κ1) is 17.9. The van der Waals surface area contributed by atoms with Gasteiger partial charge in [-0.15, -0.1) is 0 Å². The van der Waals surface area contributed by atoms with E-state index in [0.717, 1.165) is 0 Å². The van der Waals surface area contributed by atoms with Gasteiger partial charge in [-0.25, -0.2) is 0 Å². The van der Waals surface area contributed by atoms with E-state index in [1.807, 2.05) is 0 Å². The summed E-state index contributed by atoms with van der Waals surface area (Å²) < 4.78 is 9.94. The fraction of sp³-hybridized carbons (Fsp3) is 0.467. The number of carbonyl (C=O) groups is 2. The summed E-state index contributed by atoms with van der Waals surface area (Å²) in [7, 11) is 4.85. The summed E-state index contributed by atoms with van der Waals surface area (Å²) in [6, 6.07) is 7.10. The van der Waals surface area contributed by atoms with E-state index in [1.54, 1.807) is 50.4 Å². The first-order valence-electron chi connectivity index (χ1n) is 6.93. The fourth-order valence-corrected chi connectivity index (χ4v) is 1.80. The minimum Gasteiger partial charge on any atom is -0.497 e. The number of methoxy groups -OCH3 is 2. The van der Waals surface area contributed by atoms with E-state index in [4.69, 9.17) is 9.47 Å². The molecule has 1 rings (SSSR count). The third-order valence-electron chi connectivity index (χ3n) is 2.81. The summed E-state index contributed by atoms with van der Waals surface area (Å²) >= 11 is 0. The van der Waals surface area contributed by atoms with Gasteiger partial charge >= 0.3 is 0 Å². The van der Waals surface area contributed by atoms with E-state index in [9.17, 15) is 9.59 Å². The topological polar surface area (TPSA) is 79.9 Å². The highest BCUT2D eigenvalue weighted by molar-refractivity contribution is 5.92. The Morgan fingerprint density at radius 1 is 1.18 bits per heavy atom. The Labute approximate surface area is 130 Å². The number of benzene rings is 1. The lowest BCUT2D eigenvalue weighted by molar-refractivity contribution is -0.123. The largest absolute Gasteiger partial charge is 0.497 e. The first-order chi connectivity index (χ1) is 10.5. The maximum Gasteiger partial charge on any atom is 0.238 e. The number of nitrogens with one attached hydrogen (secondary N) is 2. The van der Waals surface area contributed by atoms with Gasteiger partial charge in [0.25, 0.3) is 0 Å². The molecule has 0 spiro atoms. The maximum absolute atomic E-state index is 11.9. The number of hydrogen-bond donors (Lipinski definition) is 2. The average molecular weight is 309 g/mol. The van der Waals surface area contributed by atoms with Crippen molar-refractivity contribution in [1.29, 1.82) is 0 Å². The summed E-state index contributed by atoms with van der Waals surface area (Å²) in [5, 5.41) is 5.46. The second kappa shape index (κ2) is 9.75. The van der Waals surface area contributed by atoms with E-state index in [0.29, 0.717) is 24.6 Å². The molecule has 0 aliphatic rings. The summed E-state index contributed by atoms with van der Waals surface area (Å²) in [5.41, 5.74) is 0.655. The molecule has 0 saturated carbocycles. The zero-order chi connectivity index (χ0) is 16.4. The molecule has 0 saturated heterocycles. The standard InChI is InChI=1S/C15H23N3O4/c1-18(10-14(19)16-7-8-21-2)11-15(20)17-12-5-4-6-13(9-12)22-3/h4-6,9H,7-8,10-11H2,1-3H3,(H,16,19)(H,17,20). The monoisotopic (exact) mass is 309 g/mol. The fourth-order valence-electron chi connectivity index (χ4n) is 1.80. The summed E-state index contributed by atoms with van der Waals surface area (Å²) in [5.74, 6) is 0.331. The number of nitrogens with zero attached hydrogens (tertiary/aromatic N) is 1. The van der Waals surface area contributed by atoms with Crippen LogP contribution in [0.1, 0.15) is 0 Å². The van der Waals surface area contributed by atoms with Crippen LogP contribution in [0.25, 0.3) is 0 Å². The van der Waals surface area contributed by atoms with Crippen molar-refractivity contribution in [1.82, 2.24) is 10.2 Å². The zero-order valence-corrected chi connectivity index (χ0v) is 13.2. The number of likely N-dealkylation sites (N-methyl/N-ethyl adjacent to an activating group) is 1. The molecule has 7 heteroatoms. The van der Waals surface area contributed by atoms with Crippen LogP contribution in [0.2, 0.25) is 0 Å². The third kappa shape index (κ3) is 7.05. The number of rotatable bonds is 9. The maximum atomic E-state index is 11.9. The molecule has 0 bridgehead atoms. The van der Waals surface area contributed by atoms with Crippen molar-refractivity contribution in [2.75, 3.05) is 52.8 Å². The Morgan fingerprint density at radius 2 is 1.91 bits per heavy atom. The van der Waals surface area contributed by atoms with E-state index < -0.39 is 0 Å². The van der Waals surface area contributed by atoms with E-state index in [-0.39, 0.29) is 24.9 Å². The van der Waals surface area contributed by atoms with Gasteiger partial charge in [0.05, 0.1) is 26.8 Å². The van der Waals surface area contributed by atoms with Gasteiger partial charge in [0.2, 0.25) is 11.8 Å². The van der Waals surface area contributed by atoms with Crippen molar-refractivity contribution in [2.24, 2.45) is 0 Å². The van der Waals surface area contributed by atoms with Gasteiger partial charge in [-0.3, -0.25) is 14.5 Å². The number of amides is 2. The van der Waals surface area contributed by atoms with Gasteiger partial charge in [-0.1, -0.05) is 6.07 Å². The lowest BCUT2D eigenvalue weighted by Gasteiger charge is -2.16. The quantitative estimate of drug-likeness (QED) is 0.643. The van der Waals surface area contributed by atoms with Gasteiger partial charge in [-0.05, 0) is 19.2 Å². The predicted molar refractivity (Wildman–Crippen MR) is 84.0 cm³/mol. The molecule has 0 unspecified atom stereocenters. The normalized spacial score (nSPS) is 10.4. The summed E-state index contributed by atoms with van der Waals surface area (Å²) in [4.78, 5) is 25.2. The van der Waals surface area contributed by atoms with Crippen LogP contribution in [0.15, 0.2) is 24.3 Å². The van der Waals surface area contributed by atoms with Crippen LogP contribution < -0.4 is 15.4 Å². The van der Waals surface area contributed by atoms with E-state index >= 15 is 0 Å². The van der Waals surface area contributed by atoms with Crippen molar-refractivity contribution in [3.63, 3.8) is 0 Å². The third-order valence-corrected chi connectivity index (χ3v) is 2.81. The minimum atomic E-state index is -0.194. The number of carbonyl (C=O) groups excluding carboxylic acids is 2. The molecule has 122 valence electrons. The van der Waals surface area contributed by atoms with Crippen LogP contribution >= 0.6 is 0 Å². The Bertz CT molecular complexity index is 493. The predicted octanol–water partition coefficient (Wildman–Crippen LogP) is 0.328. The molecule has 0 fully saturated rings. The second-order valence-corrected chi connectivity index (χ2v) is 4.80. The molecule has 0 aromatic heterocycles. The molecule has 0 aliphatic carbocycles. The molecule has 1 aromatic carbocycles. The molecule has 0 heterocycles. The first-order valence-corrected chi connectivity index (χ1v) is 6.93. The van der Waals surface area contributed by atoms with Crippen molar-refractivity contribution >= 4 is 17.5 Å². The minimum absolute atomic E-state index is 0.120. The van der Waals surface area contributed by atoms with Gasteiger partial charge in [0, 0.05) is 25.4 Å². The van der Waals surface area contributed by atoms with Crippen molar-refractivity contribution in [2.45, 2.75) is 0 Å². The molecule has 2 N–H and O–H groups in total. The molecule has 2 amide bonds. The SMILES string of the molecule is COCCNC(=O)CN(C)CC(=O)Nc1cccc(OC)c1. The molecule has 1 aromatic rings. The van der Waals surface area contributed by atoms with E-state index in [2.05, 4.69) is 10.6 Å². The van der Waals surface area contributed by atoms with Crippen molar-refractivity contribution in [3.8, 4) is 5.75 Å². The number of ether oxygens (including phenoxy) is 2. The van der Waals surface area contributed by atoms with Gasteiger partial charge in [-0.2, -0.15) is 0 Å². The van der Waals surface area contributed by atoms with Crippen LogP contribution in [-0.2, 0) is 14.3 Å².